The van der Waals surface area contributed by atoms with Gasteiger partial charge in [0.2, 0.25) is 0 Å². The number of non-ortho nitro benzene ring substituents is 1. The third-order valence-electron chi connectivity index (χ3n) is 2.87. The third kappa shape index (κ3) is 2.66. The fraction of sp³-hybridized carbons (Fsp3) is 0.143. The third-order valence-corrected chi connectivity index (χ3v) is 2.87. The largest absolute Gasteiger partial charge is 0.508 e. The molecule has 0 unspecified atom stereocenters. The molecular weight excluding hydrogens is 230 g/mol. The van der Waals surface area contributed by atoms with E-state index in [4.69, 9.17) is 0 Å². The standard InChI is InChI=1S/C14H13NO3/c1-10-2-5-13(15(17)18)9-12(10)8-11-3-6-14(16)7-4-11/h2-7,9,16H,8H2,1H3. The predicted octanol–water partition coefficient (Wildman–Crippen LogP) is 3.20. The van der Waals surface area contributed by atoms with Crippen molar-refractivity contribution in [1.82, 2.24) is 0 Å². The average Bonchev–Trinajstić information content (AvgIpc) is 2.34. The maximum atomic E-state index is 10.7. The van der Waals surface area contributed by atoms with Gasteiger partial charge in [0.05, 0.1) is 4.92 Å². The molecule has 92 valence electrons. The minimum Gasteiger partial charge on any atom is -0.508 e. The monoisotopic (exact) mass is 243 g/mol. The summed E-state index contributed by atoms with van der Waals surface area (Å²) in [5, 5.41) is 19.9. The molecule has 18 heavy (non-hydrogen) atoms. The Morgan fingerprint density at radius 3 is 2.44 bits per heavy atom. The van der Waals surface area contributed by atoms with Crippen LogP contribution < -0.4 is 0 Å². The van der Waals surface area contributed by atoms with E-state index in [-0.39, 0.29) is 16.4 Å². The van der Waals surface area contributed by atoms with E-state index in [1.165, 1.54) is 6.07 Å². The SMILES string of the molecule is Cc1ccc([N+](=O)[O-])cc1Cc1ccc(O)cc1. The van der Waals surface area contributed by atoms with Crippen LogP contribution in [0.4, 0.5) is 5.69 Å². The highest BCUT2D eigenvalue weighted by atomic mass is 16.6. The molecule has 2 aromatic rings. The number of nitro benzene ring substituents is 1. The van der Waals surface area contributed by atoms with Gasteiger partial charge in [0.15, 0.2) is 0 Å². The van der Waals surface area contributed by atoms with E-state index in [9.17, 15) is 15.2 Å². The number of phenols is 1. The van der Waals surface area contributed by atoms with Crippen LogP contribution in [0.15, 0.2) is 42.5 Å². The number of nitro groups is 1. The van der Waals surface area contributed by atoms with Crippen molar-refractivity contribution in [2.75, 3.05) is 0 Å². The van der Waals surface area contributed by atoms with Crippen LogP contribution in [0.25, 0.3) is 0 Å². The van der Waals surface area contributed by atoms with Crippen LogP contribution >= 0.6 is 0 Å². The van der Waals surface area contributed by atoms with Crippen LogP contribution in [0.5, 0.6) is 5.75 Å². The molecule has 0 heterocycles. The van der Waals surface area contributed by atoms with Gasteiger partial charge >= 0.3 is 0 Å². The van der Waals surface area contributed by atoms with Crippen LogP contribution in [0, 0.1) is 17.0 Å². The second-order valence-corrected chi connectivity index (χ2v) is 4.21. The lowest BCUT2D eigenvalue weighted by molar-refractivity contribution is -0.384. The summed E-state index contributed by atoms with van der Waals surface area (Å²) in [5.74, 6) is 0.217. The zero-order valence-corrected chi connectivity index (χ0v) is 9.96. The van der Waals surface area contributed by atoms with Crippen molar-refractivity contribution in [2.24, 2.45) is 0 Å². The molecule has 0 bridgehead atoms. The van der Waals surface area contributed by atoms with Crippen molar-refractivity contribution < 1.29 is 10.0 Å². The lowest BCUT2D eigenvalue weighted by atomic mass is 10.00. The van der Waals surface area contributed by atoms with Gasteiger partial charge in [-0.05, 0) is 42.2 Å². The van der Waals surface area contributed by atoms with Crippen molar-refractivity contribution in [3.63, 3.8) is 0 Å². The van der Waals surface area contributed by atoms with Gasteiger partial charge in [-0.25, -0.2) is 0 Å². The summed E-state index contributed by atoms with van der Waals surface area (Å²) >= 11 is 0. The van der Waals surface area contributed by atoms with Gasteiger partial charge in [-0.15, -0.1) is 0 Å². The van der Waals surface area contributed by atoms with E-state index in [0.29, 0.717) is 6.42 Å². The Morgan fingerprint density at radius 1 is 1.17 bits per heavy atom. The lowest BCUT2D eigenvalue weighted by Gasteiger charge is -2.06. The molecule has 0 aliphatic rings. The van der Waals surface area contributed by atoms with Gasteiger partial charge in [0, 0.05) is 12.1 Å². The van der Waals surface area contributed by atoms with E-state index in [2.05, 4.69) is 0 Å². The molecule has 0 fully saturated rings. The normalized spacial score (nSPS) is 10.3. The molecule has 4 heteroatoms. The number of aryl methyl sites for hydroxylation is 1. The first kappa shape index (κ1) is 12.1. The Morgan fingerprint density at radius 2 is 1.83 bits per heavy atom. The Hall–Kier alpha value is -2.36. The van der Waals surface area contributed by atoms with E-state index in [1.54, 1.807) is 24.3 Å². The molecule has 4 nitrogen and oxygen atoms in total. The molecule has 0 aliphatic carbocycles. The summed E-state index contributed by atoms with van der Waals surface area (Å²) in [6, 6.07) is 11.7. The fourth-order valence-electron chi connectivity index (χ4n) is 1.80. The second kappa shape index (κ2) is 4.87. The van der Waals surface area contributed by atoms with Crippen LogP contribution in [0.2, 0.25) is 0 Å². The Kier molecular flexibility index (Phi) is 3.28. The summed E-state index contributed by atoms with van der Waals surface area (Å²) in [7, 11) is 0. The fourth-order valence-corrected chi connectivity index (χ4v) is 1.80. The van der Waals surface area contributed by atoms with Crippen LogP contribution in [0.1, 0.15) is 16.7 Å². The predicted molar refractivity (Wildman–Crippen MR) is 68.7 cm³/mol. The molecule has 0 radical (unpaired) electrons. The maximum Gasteiger partial charge on any atom is 0.269 e. The van der Waals surface area contributed by atoms with Gasteiger partial charge in [0.25, 0.3) is 5.69 Å². The summed E-state index contributed by atoms with van der Waals surface area (Å²) < 4.78 is 0. The molecule has 0 spiro atoms. The smallest absolute Gasteiger partial charge is 0.269 e. The van der Waals surface area contributed by atoms with Gasteiger partial charge < -0.3 is 5.11 Å². The zero-order chi connectivity index (χ0) is 13.1. The lowest BCUT2D eigenvalue weighted by Crippen LogP contribution is -1.95. The number of aromatic hydroxyl groups is 1. The number of phenolic OH excluding ortho intramolecular Hbond substituents is 1. The maximum absolute atomic E-state index is 10.7. The van der Waals surface area contributed by atoms with Gasteiger partial charge in [0.1, 0.15) is 5.75 Å². The first-order chi connectivity index (χ1) is 8.56. The van der Waals surface area contributed by atoms with E-state index in [0.717, 1.165) is 16.7 Å². The van der Waals surface area contributed by atoms with Gasteiger partial charge in [-0.3, -0.25) is 10.1 Å². The summed E-state index contributed by atoms with van der Waals surface area (Å²) in [5.41, 5.74) is 3.06. The highest BCUT2D eigenvalue weighted by Gasteiger charge is 2.09. The second-order valence-electron chi connectivity index (χ2n) is 4.21. The van der Waals surface area contributed by atoms with E-state index < -0.39 is 0 Å². The quantitative estimate of drug-likeness (QED) is 0.665. The highest BCUT2D eigenvalue weighted by Crippen LogP contribution is 2.21. The summed E-state index contributed by atoms with van der Waals surface area (Å²) in [4.78, 5) is 10.3. The van der Waals surface area contributed by atoms with Crippen molar-refractivity contribution in [1.29, 1.82) is 0 Å². The highest BCUT2D eigenvalue weighted by molar-refractivity contribution is 5.42. The average molecular weight is 243 g/mol. The molecular formula is C14H13NO3. The van der Waals surface area contributed by atoms with Crippen LogP contribution in [0.3, 0.4) is 0 Å². The van der Waals surface area contributed by atoms with Crippen molar-refractivity contribution in [3.8, 4) is 5.75 Å². The minimum atomic E-state index is -0.389. The molecule has 2 rings (SSSR count). The van der Waals surface area contributed by atoms with Gasteiger partial charge in [-0.2, -0.15) is 0 Å². The number of hydrogen-bond donors (Lipinski definition) is 1. The molecule has 1 N–H and O–H groups in total. The summed E-state index contributed by atoms with van der Waals surface area (Å²) in [6.07, 6.45) is 0.619. The first-order valence-corrected chi connectivity index (χ1v) is 5.58. The number of nitrogens with zero attached hydrogens (tertiary/aromatic N) is 1. The van der Waals surface area contributed by atoms with Crippen molar-refractivity contribution in [2.45, 2.75) is 13.3 Å². The molecule has 0 saturated heterocycles. The Bertz CT molecular complexity index is 576. The molecule has 2 aromatic carbocycles. The minimum absolute atomic E-state index is 0.106. The topological polar surface area (TPSA) is 63.4 Å². The van der Waals surface area contributed by atoms with Crippen LogP contribution in [-0.2, 0) is 6.42 Å². The number of rotatable bonds is 3. The molecule has 0 saturated carbocycles. The summed E-state index contributed by atoms with van der Waals surface area (Å²) in [6.45, 7) is 1.93. The zero-order valence-electron chi connectivity index (χ0n) is 9.96. The number of hydrogen-bond acceptors (Lipinski definition) is 3. The van der Waals surface area contributed by atoms with Crippen molar-refractivity contribution >= 4 is 5.69 Å². The molecule has 0 aromatic heterocycles. The van der Waals surface area contributed by atoms with Gasteiger partial charge in [-0.1, -0.05) is 18.2 Å². The molecule has 0 aliphatic heterocycles. The van der Waals surface area contributed by atoms with E-state index >= 15 is 0 Å². The molecule has 0 atom stereocenters. The molecule has 0 amide bonds. The number of benzene rings is 2. The Labute approximate surface area is 105 Å². The Balaban J connectivity index is 2.30. The van der Waals surface area contributed by atoms with Crippen LogP contribution in [-0.4, -0.2) is 10.0 Å². The first-order valence-electron chi connectivity index (χ1n) is 5.58. The van der Waals surface area contributed by atoms with Crippen molar-refractivity contribution in [3.05, 3.63) is 69.3 Å². The van der Waals surface area contributed by atoms with E-state index in [1.807, 2.05) is 19.1 Å².